The van der Waals surface area contributed by atoms with Crippen LogP contribution in [0.4, 0.5) is 4.39 Å². The van der Waals surface area contributed by atoms with E-state index in [0.717, 1.165) is 45.7 Å². The first-order chi connectivity index (χ1) is 13.3. The number of rotatable bonds is 4. The van der Waals surface area contributed by atoms with Gasteiger partial charge in [0.1, 0.15) is 5.82 Å². The van der Waals surface area contributed by atoms with Gasteiger partial charge in [-0.05, 0) is 36.2 Å². The first-order valence-corrected chi connectivity index (χ1v) is 9.54. The predicted molar refractivity (Wildman–Crippen MR) is 99.1 cm³/mol. The highest BCUT2D eigenvalue weighted by atomic mass is 32.2. The van der Waals surface area contributed by atoms with E-state index in [9.17, 15) is 4.39 Å². The second-order valence-corrected chi connectivity index (χ2v) is 7.19. The Morgan fingerprint density at radius 3 is 2.89 bits per heavy atom. The Kier molecular flexibility index (Phi) is 4.05. The van der Waals surface area contributed by atoms with E-state index in [1.165, 1.54) is 12.1 Å². The van der Waals surface area contributed by atoms with Gasteiger partial charge in [-0.3, -0.25) is 0 Å². The fourth-order valence-electron chi connectivity index (χ4n) is 3.09. The van der Waals surface area contributed by atoms with E-state index < -0.39 is 0 Å². The normalized spacial score (nSPS) is 14.8. The molecule has 0 saturated carbocycles. The van der Waals surface area contributed by atoms with Crippen LogP contribution >= 0.6 is 11.8 Å². The Balaban J connectivity index is 1.38. The maximum Gasteiger partial charge on any atom is 0.231 e. The topological polar surface area (TPSA) is 61.5 Å². The zero-order valence-electron chi connectivity index (χ0n) is 14.3. The molecule has 0 bridgehead atoms. The van der Waals surface area contributed by atoms with E-state index in [2.05, 4.69) is 15.3 Å². The monoisotopic (exact) mass is 382 g/mol. The highest BCUT2D eigenvalue weighted by Gasteiger charge is 2.20. The molecular formula is C19H15FN4O2S. The van der Waals surface area contributed by atoms with Crippen LogP contribution in [-0.2, 0) is 12.8 Å². The molecule has 136 valence electrons. The Labute approximate surface area is 159 Å². The number of halogens is 1. The van der Waals surface area contributed by atoms with Crippen molar-refractivity contribution in [3.8, 4) is 11.5 Å². The summed E-state index contributed by atoms with van der Waals surface area (Å²) in [6, 6.07) is 12.4. The molecule has 3 aromatic rings. The zero-order chi connectivity index (χ0) is 18.2. The first kappa shape index (κ1) is 16.3. The molecule has 3 heterocycles. The second-order valence-electron chi connectivity index (χ2n) is 6.24. The van der Waals surface area contributed by atoms with Gasteiger partial charge in [-0.1, -0.05) is 30.0 Å². The summed E-state index contributed by atoms with van der Waals surface area (Å²) in [5.74, 6) is 2.71. The van der Waals surface area contributed by atoms with Gasteiger partial charge in [-0.15, -0.1) is 10.2 Å². The summed E-state index contributed by atoms with van der Waals surface area (Å²) in [4.78, 5) is 0. The van der Waals surface area contributed by atoms with E-state index in [4.69, 9.17) is 9.47 Å². The maximum absolute atomic E-state index is 13.5. The minimum atomic E-state index is -0.266. The molecule has 0 saturated heterocycles. The Hall–Kier alpha value is -2.87. The average Bonchev–Trinajstić information content (AvgIpc) is 3.32. The average molecular weight is 382 g/mol. The van der Waals surface area contributed by atoms with Gasteiger partial charge in [0.15, 0.2) is 17.3 Å². The van der Waals surface area contributed by atoms with E-state index >= 15 is 0 Å². The van der Waals surface area contributed by atoms with Crippen LogP contribution in [0.15, 0.2) is 52.7 Å². The first-order valence-electron chi connectivity index (χ1n) is 8.56. The van der Waals surface area contributed by atoms with Crippen molar-refractivity contribution >= 4 is 17.5 Å². The molecule has 6 nitrogen and oxygen atoms in total. The van der Waals surface area contributed by atoms with Crippen LogP contribution in [0.2, 0.25) is 0 Å². The molecule has 0 unspecified atom stereocenters. The van der Waals surface area contributed by atoms with E-state index in [1.807, 2.05) is 24.3 Å². The number of benzene rings is 2. The van der Waals surface area contributed by atoms with Crippen LogP contribution in [0.5, 0.6) is 11.5 Å². The van der Waals surface area contributed by atoms with E-state index in [1.54, 1.807) is 22.5 Å². The summed E-state index contributed by atoms with van der Waals surface area (Å²) < 4.78 is 26.1. The van der Waals surface area contributed by atoms with Gasteiger partial charge in [0.05, 0.1) is 5.71 Å². The summed E-state index contributed by atoms with van der Waals surface area (Å²) in [5.41, 5.74) is 2.73. The van der Waals surface area contributed by atoms with Crippen molar-refractivity contribution in [3.05, 3.63) is 65.2 Å². The highest BCUT2D eigenvalue weighted by molar-refractivity contribution is 7.99. The molecule has 0 N–H and O–H groups in total. The van der Waals surface area contributed by atoms with Crippen molar-refractivity contribution < 1.29 is 13.9 Å². The van der Waals surface area contributed by atoms with Gasteiger partial charge < -0.3 is 9.47 Å². The Morgan fingerprint density at radius 2 is 1.96 bits per heavy atom. The molecule has 0 amide bonds. The second kappa shape index (κ2) is 6.70. The molecule has 0 spiro atoms. The van der Waals surface area contributed by atoms with Crippen molar-refractivity contribution in [2.45, 2.75) is 18.0 Å². The Morgan fingerprint density at radius 1 is 1.04 bits per heavy atom. The summed E-state index contributed by atoms with van der Waals surface area (Å²) in [6.45, 7) is 0.269. The third-order valence-electron chi connectivity index (χ3n) is 4.47. The van der Waals surface area contributed by atoms with Gasteiger partial charge in [0.2, 0.25) is 11.9 Å². The number of hydrogen-bond donors (Lipinski definition) is 0. The molecule has 8 heteroatoms. The molecule has 0 fully saturated rings. The standard InChI is InChI=1S/C19H15FN4O2S/c20-14-3-1-2-13(9-14)15-10-27-19-22-21-18(24(19)23-15)7-5-12-4-6-16-17(8-12)26-11-25-16/h1-4,6,8-9H,5,7,10-11H2. The lowest BCUT2D eigenvalue weighted by atomic mass is 10.1. The zero-order valence-corrected chi connectivity index (χ0v) is 15.1. The van der Waals surface area contributed by atoms with E-state index in [-0.39, 0.29) is 12.6 Å². The smallest absolute Gasteiger partial charge is 0.231 e. The van der Waals surface area contributed by atoms with Crippen LogP contribution in [0.25, 0.3) is 0 Å². The predicted octanol–water partition coefficient (Wildman–Crippen LogP) is 3.29. The molecule has 0 aliphatic carbocycles. The van der Waals surface area contributed by atoms with Crippen LogP contribution < -0.4 is 9.47 Å². The Bertz CT molecular complexity index is 1050. The number of thioether (sulfide) groups is 1. The van der Waals surface area contributed by atoms with Crippen molar-refractivity contribution in [1.82, 2.24) is 14.9 Å². The summed E-state index contributed by atoms with van der Waals surface area (Å²) in [7, 11) is 0. The molecule has 27 heavy (non-hydrogen) atoms. The lowest BCUT2D eigenvalue weighted by Gasteiger charge is -2.14. The molecule has 0 atom stereocenters. The SMILES string of the molecule is Fc1cccc(C2=Nn3c(CCc4ccc5c(c4)OCO5)nnc3SC2)c1. The lowest BCUT2D eigenvalue weighted by Crippen LogP contribution is -2.15. The number of fused-ring (bicyclic) bond motifs is 2. The third-order valence-corrected chi connectivity index (χ3v) is 5.40. The van der Waals surface area contributed by atoms with Crippen molar-refractivity contribution in [2.24, 2.45) is 5.10 Å². The van der Waals surface area contributed by atoms with Gasteiger partial charge >= 0.3 is 0 Å². The third kappa shape index (κ3) is 3.16. The van der Waals surface area contributed by atoms with E-state index in [0.29, 0.717) is 12.2 Å². The van der Waals surface area contributed by atoms with Crippen LogP contribution in [0.3, 0.4) is 0 Å². The fraction of sp³-hybridized carbons (Fsp3) is 0.211. The lowest BCUT2D eigenvalue weighted by molar-refractivity contribution is 0.174. The quantitative estimate of drug-likeness (QED) is 0.693. The number of ether oxygens (including phenoxy) is 2. The van der Waals surface area contributed by atoms with Crippen LogP contribution in [0.1, 0.15) is 17.0 Å². The van der Waals surface area contributed by atoms with Gasteiger partial charge in [0, 0.05) is 17.7 Å². The van der Waals surface area contributed by atoms with Gasteiger partial charge in [-0.25, -0.2) is 4.39 Å². The largest absolute Gasteiger partial charge is 0.454 e. The number of aryl methyl sites for hydroxylation is 2. The molecule has 2 aromatic carbocycles. The summed E-state index contributed by atoms with van der Waals surface area (Å²) >= 11 is 1.56. The van der Waals surface area contributed by atoms with Gasteiger partial charge in [0.25, 0.3) is 0 Å². The fourth-order valence-corrected chi connectivity index (χ4v) is 3.94. The molecule has 2 aliphatic heterocycles. The van der Waals surface area contributed by atoms with Crippen LogP contribution in [0, 0.1) is 5.82 Å². The molecule has 0 radical (unpaired) electrons. The molecular weight excluding hydrogens is 367 g/mol. The molecule has 5 rings (SSSR count). The minimum Gasteiger partial charge on any atom is -0.454 e. The summed E-state index contributed by atoms with van der Waals surface area (Å²) in [5, 5.41) is 13.9. The van der Waals surface area contributed by atoms with Crippen molar-refractivity contribution in [1.29, 1.82) is 0 Å². The van der Waals surface area contributed by atoms with Crippen LogP contribution in [-0.4, -0.2) is 33.1 Å². The minimum absolute atomic E-state index is 0.266. The number of aromatic nitrogens is 3. The summed E-state index contributed by atoms with van der Waals surface area (Å²) in [6.07, 6.45) is 1.47. The molecule has 1 aromatic heterocycles. The highest BCUT2D eigenvalue weighted by Crippen LogP contribution is 2.33. The maximum atomic E-state index is 13.5. The van der Waals surface area contributed by atoms with Crippen molar-refractivity contribution in [3.63, 3.8) is 0 Å². The number of nitrogens with zero attached hydrogens (tertiary/aromatic N) is 4. The van der Waals surface area contributed by atoms with Gasteiger partial charge in [-0.2, -0.15) is 9.78 Å². The number of hydrogen-bond acceptors (Lipinski definition) is 6. The molecule has 2 aliphatic rings. The van der Waals surface area contributed by atoms with Crippen molar-refractivity contribution in [2.75, 3.05) is 12.5 Å².